The summed E-state index contributed by atoms with van der Waals surface area (Å²) in [5.74, 6) is -1.29. The first kappa shape index (κ1) is 29.8. The van der Waals surface area contributed by atoms with E-state index in [2.05, 4.69) is 31.5 Å². The highest BCUT2D eigenvalue weighted by atomic mass is 79.9. The Labute approximate surface area is 249 Å². The van der Waals surface area contributed by atoms with Crippen molar-refractivity contribution in [3.8, 4) is 0 Å². The maximum Gasteiger partial charge on any atom is 0.244 e. The molecule has 0 aromatic heterocycles. The standard InChI is InChI=1S/C29H41BrN4O5S/c30-21-18-29-23(22(24(21)40-29)26(36)32-19-20-8-4-3-5-9-20)28(38)34(11-6-1-2-7-15-35)25(29)27(37)31-10-12-33-13-16-39-17-14-33/h3-5,8-9,21-25,35H,1-2,6-7,10-19H2,(H,31,37)(H,32,36)/t21?,22-,23-,24-,25?,29?/m0/s1. The summed E-state index contributed by atoms with van der Waals surface area (Å²) in [5, 5.41) is 15.3. The number of unbranched alkanes of at least 4 members (excludes halogenated alkanes) is 3. The van der Waals surface area contributed by atoms with E-state index in [1.165, 1.54) is 0 Å². The van der Waals surface area contributed by atoms with Crippen LogP contribution in [0, 0.1) is 11.8 Å². The average molecular weight is 638 g/mol. The van der Waals surface area contributed by atoms with Gasteiger partial charge in [0.05, 0.1) is 29.8 Å². The first-order valence-corrected chi connectivity index (χ1v) is 16.4. The highest BCUT2D eigenvalue weighted by Crippen LogP contribution is 2.67. The van der Waals surface area contributed by atoms with Crippen molar-refractivity contribution in [2.75, 3.05) is 52.5 Å². The monoisotopic (exact) mass is 636 g/mol. The van der Waals surface area contributed by atoms with Crippen LogP contribution in [0.1, 0.15) is 37.7 Å². The molecule has 1 aromatic rings. The number of rotatable bonds is 13. The summed E-state index contributed by atoms with van der Waals surface area (Å²) in [4.78, 5) is 45.7. The number of halogens is 1. The van der Waals surface area contributed by atoms with Crippen molar-refractivity contribution in [2.45, 2.75) is 59.5 Å². The molecule has 220 valence electrons. The van der Waals surface area contributed by atoms with Gasteiger partial charge in [-0.2, -0.15) is 0 Å². The molecule has 6 atom stereocenters. The Morgan fingerprint density at radius 3 is 2.55 bits per heavy atom. The third kappa shape index (κ3) is 6.09. The number of morpholine rings is 1. The van der Waals surface area contributed by atoms with Gasteiger partial charge >= 0.3 is 0 Å². The van der Waals surface area contributed by atoms with Gasteiger partial charge in [-0.15, -0.1) is 11.8 Å². The van der Waals surface area contributed by atoms with Crippen LogP contribution in [0.25, 0.3) is 0 Å². The number of nitrogens with one attached hydrogen (secondary N) is 2. The number of fused-ring (bicyclic) bond motifs is 1. The van der Waals surface area contributed by atoms with E-state index in [9.17, 15) is 14.4 Å². The maximum atomic E-state index is 14.1. The first-order chi connectivity index (χ1) is 19.5. The molecule has 4 aliphatic heterocycles. The predicted molar refractivity (Wildman–Crippen MR) is 158 cm³/mol. The molecule has 3 N–H and O–H groups in total. The van der Waals surface area contributed by atoms with Crippen molar-refractivity contribution in [2.24, 2.45) is 11.8 Å². The summed E-state index contributed by atoms with van der Waals surface area (Å²) in [7, 11) is 0. The summed E-state index contributed by atoms with van der Waals surface area (Å²) >= 11 is 5.51. The number of aliphatic hydroxyl groups excluding tert-OH is 1. The zero-order valence-corrected chi connectivity index (χ0v) is 25.3. The SMILES string of the molecule is O=C(NCCN1CCOCC1)C1N(CCCCCCO)C(=O)[C@@H]2[C@H](C(=O)NCc3ccccc3)[C@H]3SC12CC3Br. The van der Waals surface area contributed by atoms with E-state index in [0.29, 0.717) is 39.3 Å². The number of likely N-dealkylation sites (tertiary alicyclic amines) is 1. The van der Waals surface area contributed by atoms with Crippen LogP contribution in [0.4, 0.5) is 0 Å². The largest absolute Gasteiger partial charge is 0.396 e. The van der Waals surface area contributed by atoms with Gasteiger partial charge in [0.2, 0.25) is 17.7 Å². The molecular formula is C29H41BrN4O5S. The lowest BCUT2D eigenvalue weighted by molar-refractivity contribution is -0.140. The number of aliphatic hydroxyl groups is 1. The van der Waals surface area contributed by atoms with E-state index in [4.69, 9.17) is 9.84 Å². The molecule has 4 fully saturated rings. The molecule has 4 saturated heterocycles. The lowest BCUT2D eigenvalue weighted by Crippen LogP contribution is -2.55. The van der Waals surface area contributed by atoms with Crippen molar-refractivity contribution in [3.63, 3.8) is 0 Å². The van der Waals surface area contributed by atoms with Gasteiger partial charge in [0, 0.05) is 56.0 Å². The molecule has 0 saturated carbocycles. The summed E-state index contributed by atoms with van der Waals surface area (Å²) in [5.41, 5.74) is 1.01. The molecule has 4 aliphatic rings. The minimum absolute atomic E-state index is 0.0555. The van der Waals surface area contributed by atoms with Crippen molar-refractivity contribution in [1.29, 1.82) is 0 Å². The van der Waals surface area contributed by atoms with Crippen molar-refractivity contribution in [1.82, 2.24) is 20.4 Å². The number of hydrogen-bond donors (Lipinski definition) is 3. The number of nitrogens with zero attached hydrogens (tertiary/aromatic N) is 2. The third-order valence-corrected chi connectivity index (χ3v) is 12.0. The molecule has 9 nitrogen and oxygen atoms in total. The normalized spacial score (nSPS) is 31.4. The van der Waals surface area contributed by atoms with Gasteiger partial charge in [-0.1, -0.05) is 59.1 Å². The number of thioether (sulfide) groups is 1. The van der Waals surface area contributed by atoms with Gasteiger partial charge in [0.15, 0.2) is 0 Å². The zero-order chi connectivity index (χ0) is 28.1. The van der Waals surface area contributed by atoms with Gasteiger partial charge in [-0.3, -0.25) is 19.3 Å². The Bertz CT molecular complexity index is 1040. The Morgan fingerprint density at radius 2 is 1.80 bits per heavy atom. The predicted octanol–water partition coefficient (Wildman–Crippen LogP) is 1.77. The Kier molecular flexibility index (Phi) is 10.1. The zero-order valence-electron chi connectivity index (χ0n) is 22.9. The summed E-state index contributed by atoms with van der Waals surface area (Å²) in [6.45, 7) is 5.44. The Morgan fingerprint density at radius 1 is 1.05 bits per heavy atom. The number of hydrogen-bond acceptors (Lipinski definition) is 7. The highest BCUT2D eigenvalue weighted by Gasteiger charge is 2.75. The van der Waals surface area contributed by atoms with Crippen LogP contribution in [0.3, 0.4) is 0 Å². The quantitative estimate of drug-likeness (QED) is 0.224. The van der Waals surface area contributed by atoms with E-state index >= 15 is 0 Å². The molecule has 40 heavy (non-hydrogen) atoms. The van der Waals surface area contributed by atoms with E-state index in [0.717, 1.165) is 50.9 Å². The Hall–Kier alpha value is -1.66. The molecular weight excluding hydrogens is 596 g/mol. The molecule has 1 spiro atoms. The summed E-state index contributed by atoms with van der Waals surface area (Å²) < 4.78 is 4.80. The summed E-state index contributed by atoms with van der Waals surface area (Å²) in [6.07, 6.45) is 3.95. The number of carbonyl (C=O) groups is 3. The molecule has 2 bridgehead atoms. The minimum atomic E-state index is -0.626. The first-order valence-electron chi connectivity index (χ1n) is 14.6. The van der Waals surface area contributed by atoms with Crippen molar-refractivity contribution in [3.05, 3.63) is 35.9 Å². The van der Waals surface area contributed by atoms with Gasteiger partial charge in [0.1, 0.15) is 6.04 Å². The number of ether oxygens (including phenoxy) is 1. The van der Waals surface area contributed by atoms with Gasteiger partial charge < -0.3 is 25.4 Å². The van der Waals surface area contributed by atoms with Crippen LogP contribution < -0.4 is 10.6 Å². The topological polar surface area (TPSA) is 111 Å². The molecule has 0 radical (unpaired) electrons. The van der Waals surface area contributed by atoms with Crippen LogP contribution in [0.15, 0.2) is 30.3 Å². The van der Waals surface area contributed by atoms with Crippen LogP contribution in [-0.4, -0.2) is 106 Å². The smallest absolute Gasteiger partial charge is 0.244 e. The third-order valence-electron chi connectivity index (χ3n) is 8.79. The van der Waals surface area contributed by atoms with Crippen LogP contribution in [0.5, 0.6) is 0 Å². The van der Waals surface area contributed by atoms with Gasteiger partial charge in [0.25, 0.3) is 0 Å². The van der Waals surface area contributed by atoms with E-state index in [1.54, 1.807) is 16.7 Å². The second kappa shape index (κ2) is 13.5. The fraction of sp³-hybridized carbons (Fsp3) is 0.690. The van der Waals surface area contributed by atoms with Crippen molar-refractivity contribution >= 4 is 45.4 Å². The molecule has 1 aromatic carbocycles. The van der Waals surface area contributed by atoms with Gasteiger partial charge in [-0.05, 0) is 24.8 Å². The van der Waals surface area contributed by atoms with Crippen molar-refractivity contribution < 1.29 is 24.2 Å². The van der Waals surface area contributed by atoms with E-state index in [-0.39, 0.29) is 34.4 Å². The average Bonchev–Trinajstić information content (AvgIpc) is 3.56. The van der Waals surface area contributed by atoms with E-state index < -0.39 is 22.6 Å². The number of alkyl halides is 1. The van der Waals surface area contributed by atoms with E-state index in [1.807, 2.05) is 30.3 Å². The van der Waals surface area contributed by atoms with Gasteiger partial charge in [-0.25, -0.2) is 0 Å². The molecule has 5 rings (SSSR count). The lowest BCUT2D eigenvalue weighted by atomic mass is 9.70. The number of benzene rings is 1. The molecule has 3 unspecified atom stereocenters. The number of carbonyl (C=O) groups excluding carboxylic acids is 3. The molecule has 11 heteroatoms. The molecule has 4 heterocycles. The molecule has 0 aliphatic carbocycles. The Balaban J connectivity index is 1.32. The number of amides is 3. The lowest BCUT2D eigenvalue weighted by Gasteiger charge is -2.35. The summed E-state index contributed by atoms with van der Waals surface area (Å²) in [6, 6.07) is 9.18. The fourth-order valence-electron chi connectivity index (χ4n) is 6.88. The van der Waals surface area contributed by atoms with Crippen LogP contribution in [0.2, 0.25) is 0 Å². The minimum Gasteiger partial charge on any atom is -0.396 e. The highest BCUT2D eigenvalue weighted by molar-refractivity contribution is 9.09. The second-order valence-corrected chi connectivity index (χ2v) is 14.0. The molecule has 3 amide bonds. The van der Waals surface area contributed by atoms with Crippen LogP contribution >= 0.6 is 27.7 Å². The second-order valence-electron chi connectivity index (χ2n) is 11.3. The maximum absolute atomic E-state index is 14.1. The van der Waals surface area contributed by atoms with Crippen LogP contribution in [-0.2, 0) is 25.7 Å². The fourth-order valence-corrected chi connectivity index (χ4v) is 10.5.